The maximum absolute atomic E-state index is 12.4. The fourth-order valence-corrected chi connectivity index (χ4v) is 2.75. The number of carbonyl (C=O) groups excluding carboxylic acids is 3. The van der Waals surface area contributed by atoms with Gasteiger partial charge in [-0.3, -0.25) is 0 Å². The minimum atomic E-state index is -1.99. The molecule has 7 nitrogen and oxygen atoms in total. The highest BCUT2D eigenvalue weighted by atomic mass is 16.6. The van der Waals surface area contributed by atoms with E-state index in [1.54, 1.807) is 36.4 Å². The Balaban J connectivity index is 1.85. The van der Waals surface area contributed by atoms with Crippen LogP contribution >= 0.6 is 0 Å². The van der Waals surface area contributed by atoms with Crippen LogP contribution in [0.15, 0.2) is 60.7 Å². The number of ether oxygens (including phenoxy) is 3. The zero-order chi connectivity index (χ0) is 19.4. The normalized spacial score (nSPS) is 24.6. The van der Waals surface area contributed by atoms with E-state index in [2.05, 4.69) is 0 Å². The minimum Gasteiger partial charge on any atom is -0.460 e. The summed E-state index contributed by atoms with van der Waals surface area (Å²) in [5, 5.41) is 10.3. The van der Waals surface area contributed by atoms with E-state index < -0.39 is 35.7 Å². The number of hydrogen-bond acceptors (Lipinski definition) is 7. The van der Waals surface area contributed by atoms with E-state index in [-0.39, 0.29) is 17.7 Å². The fraction of sp³-hybridized carbons (Fsp3) is 0.250. The van der Waals surface area contributed by atoms with E-state index in [1.165, 1.54) is 31.2 Å². The predicted molar refractivity (Wildman–Crippen MR) is 92.9 cm³/mol. The summed E-state index contributed by atoms with van der Waals surface area (Å²) in [7, 11) is 0. The van der Waals surface area contributed by atoms with Crippen molar-refractivity contribution in [3.63, 3.8) is 0 Å². The van der Waals surface area contributed by atoms with Crippen molar-refractivity contribution in [1.82, 2.24) is 0 Å². The Labute approximate surface area is 155 Å². The average molecular weight is 370 g/mol. The second kappa shape index (κ2) is 7.59. The lowest BCUT2D eigenvalue weighted by atomic mass is 9.91. The zero-order valence-corrected chi connectivity index (χ0v) is 14.5. The smallest absolute Gasteiger partial charge is 0.354 e. The first-order valence-corrected chi connectivity index (χ1v) is 8.31. The summed E-state index contributed by atoms with van der Waals surface area (Å²) < 4.78 is 15.6. The molecule has 0 aromatic heterocycles. The van der Waals surface area contributed by atoms with Gasteiger partial charge in [0.05, 0.1) is 11.1 Å². The van der Waals surface area contributed by atoms with Crippen LogP contribution in [0.4, 0.5) is 0 Å². The third-order valence-electron chi connectivity index (χ3n) is 4.24. The van der Waals surface area contributed by atoms with Crippen LogP contribution in [0.5, 0.6) is 0 Å². The second-order valence-electron chi connectivity index (χ2n) is 6.22. The van der Waals surface area contributed by atoms with Gasteiger partial charge < -0.3 is 19.3 Å². The Morgan fingerprint density at radius 2 is 1.52 bits per heavy atom. The van der Waals surface area contributed by atoms with Crippen LogP contribution in [0, 0.1) is 0 Å². The fourth-order valence-electron chi connectivity index (χ4n) is 2.75. The molecule has 1 heterocycles. The van der Waals surface area contributed by atoms with Crippen molar-refractivity contribution in [3.05, 3.63) is 71.8 Å². The van der Waals surface area contributed by atoms with Gasteiger partial charge in [-0.2, -0.15) is 0 Å². The maximum atomic E-state index is 12.4. The van der Waals surface area contributed by atoms with Crippen LogP contribution in [-0.2, 0) is 19.0 Å². The molecule has 3 rings (SSSR count). The van der Waals surface area contributed by atoms with Gasteiger partial charge >= 0.3 is 17.9 Å². The number of aliphatic hydroxyl groups excluding tert-OH is 1. The van der Waals surface area contributed by atoms with Crippen molar-refractivity contribution in [2.24, 2.45) is 0 Å². The highest BCUT2D eigenvalue weighted by Crippen LogP contribution is 2.30. The van der Waals surface area contributed by atoms with Crippen molar-refractivity contribution in [2.75, 3.05) is 6.61 Å². The molecule has 0 amide bonds. The molecule has 2 aromatic carbocycles. The van der Waals surface area contributed by atoms with Crippen molar-refractivity contribution in [3.8, 4) is 0 Å². The first-order valence-electron chi connectivity index (χ1n) is 8.31. The van der Waals surface area contributed by atoms with Crippen molar-refractivity contribution in [2.45, 2.75) is 24.7 Å². The van der Waals surface area contributed by atoms with Gasteiger partial charge in [0.15, 0.2) is 6.10 Å². The van der Waals surface area contributed by atoms with Gasteiger partial charge in [0.2, 0.25) is 5.60 Å². The van der Waals surface area contributed by atoms with Crippen LogP contribution in [0.25, 0.3) is 0 Å². The van der Waals surface area contributed by atoms with Crippen LogP contribution in [0.1, 0.15) is 27.6 Å². The molecular weight excluding hydrogens is 352 g/mol. The molecule has 1 aliphatic rings. The molecular formula is C20H18O7. The highest BCUT2D eigenvalue weighted by molar-refractivity contribution is 5.94. The van der Waals surface area contributed by atoms with E-state index >= 15 is 0 Å². The van der Waals surface area contributed by atoms with Crippen molar-refractivity contribution < 1.29 is 33.7 Å². The van der Waals surface area contributed by atoms with Gasteiger partial charge in [-0.15, -0.1) is 0 Å². The molecule has 1 saturated heterocycles. The summed E-state index contributed by atoms with van der Waals surface area (Å²) >= 11 is 0. The predicted octanol–water partition coefficient (Wildman–Crippen LogP) is 1.75. The molecule has 0 saturated carbocycles. The molecule has 1 aliphatic heterocycles. The SMILES string of the molecule is C[C@]1(OC(=O)c2ccccc2)C(=O)OC[C@@H](O)[C@H]1OC(=O)c1ccccc1. The quantitative estimate of drug-likeness (QED) is 0.646. The standard InChI is InChI=1S/C20H18O7/c1-20(27-18(23)14-10-6-3-7-11-14)16(15(21)12-25-19(20)24)26-17(22)13-8-4-2-5-9-13/h2-11,15-16,21H,12H2,1H3/t15-,16-,20-/m1/s1. The van der Waals surface area contributed by atoms with Gasteiger partial charge in [-0.05, 0) is 31.2 Å². The van der Waals surface area contributed by atoms with Crippen molar-refractivity contribution in [1.29, 1.82) is 0 Å². The molecule has 1 fully saturated rings. The first-order chi connectivity index (χ1) is 12.9. The van der Waals surface area contributed by atoms with E-state index in [0.717, 1.165) is 0 Å². The molecule has 1 N–H and O–H groups in total. The van der Waals surface area contributed by atoms with E-state index in [0.29, 0.717) is 0 Å². The molecule has 0 spiro atoms. The van der Waals surface area contributed by atoms with Gasteiger partial charge in [-0.25, -0.2) is 14.4 Å². The van der Waals surface area contributed by atoms with E-state index in [4.69, 9.17) is 14.2 Å². The molecule has 0 radical (unpaired) electrons. The number of rotatable bonds is 4. The average Bonchev–Trinajstić information content (AvgIpc) is 2.69. The van der Waals surface area contributed by atoms with Gasteiger partial charge in [-0.1, -0.05) is 36.4 Å². The number of hydrogen-bond donors (Lipinski definition) is 1. The van der Waals surface area contributed by atoms with Crippen LogP contribution in [-0.4, -0.2) is 47.4 Å². The lowest BCUT2D eigenvalue weighted by Gasteiger charge is -2.40. The monoisotopic (exact) mass is 370 g/mol. The molecule has 27 heavy (non-hydrogen) atoms. The van der Waals surface area contributed by atoms with Gasteiger partial charge in [0.1, 0.15) is 12.7 Å². The first kappa shape index (κ1) is 18.6. The maximum Gasteiger partial charge on any atom is 0.354 e. The zero-order valence-electron chi connectivity index (χ0n) is 14.5. The summed E-state index contributed by atoms with van der Waals surface area (Å²) in [6, 6.07) is 16.1. The summed E-state index contributed by atoms with van der Waals surface area (Å²) in [6.07, 6.45) is -2.76. The van der Waals surface area contributed by atoms with E-state index in [1.807, 2.05) is 0 Å². The summed E-state index contributed by atoms with van der Waals surface area (Å²) in [6.45, 7) is 0.880. The summed E-state index contributed by atoms with van der Waals surface area (Å²) in [5.74, 6) is -2.45. The molecule has 0 aliphatic carbocycles. The molecule has 0 bridgehead atoms. The third-order valence-corrected chi connectivity index (χ3v) is 4.24. The van der Waals surface area contributed by atoms with Crippen LogP contribution in [0.2, 0.25) is 0 Å². The number of benzene rings is 2. The van der Waals surface area contributed by atoms with Gasteiger partial charge in [0, 0.05) is 0 Å². The minimum absolute atomic E-state index is 0.208. The van der Waals surface area contributed by atoms with Crippen LogP contribution in [0.3, 0.4) is 0 Å². The molecule has 140 valence electrons. The van der Waals surface area contributed by atoms with Crippen LogP contribution < -0.4 is 0 Å². The second-order valence-corrected chi connectivity index (χ2v) is 6.22. The highest BCUT2D eigenvalue weighted by Gasteiger charge is 2.56. The van der Waals surface area contributed by atoms with E-state index in [9.17, 15) is 19.5 Å². The Bertz CT molecular complexity index is 834. The Morgan fingerprint density at radius 1 is 1.00 bits per heavy atom. The van der Waals surface area contributed by atoms with Gasteiger partial charge in [0.25, 0.3) is 0 Å². The number of esters is 3. The number of cyclic esters (lactones) is 1. The third kappa shape index (κ3) is 3.83. The lowest BCUT2D eigenvalue weighted by Crippen LogP contribution is -2.62. The Hall–Kier alpha value is -3.19. The lowest BCUT2D eigenvalue weighted by molar-refractivity contribution is -0.209. The van der Waals surface area contributed by atoms with Crippen molar-refractivity contribution >= 4 is 17.9 Å². The molecule has 0 unspecified atom stereocenters. The Morgan fingerprint density at radius 3 is 2.07 bits per heavy atom. The number of aliphatic hydroxyl groups is 1. The molecule has 3 atom stereocenters. The topological polar surface area (TPSA) is 99.1 Å². The Kier molecular flexibility index (Phi) is 5.23. The largest absolute Gasteiger partial charge is 0.460 e. The molecule has 7 heteroatoms. The summed E-state index contributed by atoms with van der Waals surface area (Å²) in [4.78, 5) is 37.2. The number of carbonyl (C=O) groups is 3. The summed E-state index contributed by atoms with van der Waals surface area (Å²) in [5.41, 5.74) is -1.55. The molecule has 2 aromatic rings.